The van der Waals surface area contributed by atoms with Gasteiger partial charge in [-0.15, -0.1) is 11.3 Å². The molecular weight excluding hydrogens is 364 g/mol. The van der Waals surface area contributed by atoms with E-state index in [2.05, 4.69) is 18.3 Å². The van der Waals surface area contributed by atoms with E-state index in [9.17, 15) is 20.0 Å². The smallest absolute Gasteiger partial charge is 0.342 e. The van der Waals surface area contributed by atoms with Crippen LogP contribution >= 0.6 is 11.3 Å². The molecule has 1 heterocycles. The van der Waals surface area contributed by atoms with E-state index in [1.807, 2.05) is 0 Å². The highest BCUT2D eigenvalue weighted by atomic mass is 32.1. The highest BCUT2D eigenvalue weighted by Crippen LogP contribution is 2.39. The monoisotopic (exact) mass is 384 g/mol. The third-order valence-corrected chi connectivity index (χ3v) is 5.75. The summed E-state index contributed by atoms with van der Waals surface area (Å²) in [5.41, 5.74) is 2.35. The number of thiophene rings is 1. The minimum Gasteiger partial charge on any atom is -0.507 e. The van der Waals surface area contributed by atoms with Crippen molar-refractivity contribution in [2.75, 3.05) is 11.9 Å². The predicted molar refractivity (Wildman–Crippen MR) is 102 cm³/mol. The topological polar surface area (TPSA) is 99.4 Å². The standard InChI is InChI=1S/C20H20N2O4S/c1-11-4-6-14(16(23)7-11)20(25)26-10-18(24)22-19-15(9-21)13-5-3-12(2)8-17(13)27-19/h4,6-7,12,23H,3,5,8,10H2,1-2H3,(H,22,24)/t12-/m1/s1. The van der Waals surface area contributed by atoms with Gasteiger partial charge >= 0.3 is 5.97 Å². The molecule has 1 atom stereocenters. The number of fused-ring (bicyclic) bond motifs is 1. The molecule has 2 aromatic rings. The van der Waals surface area contributed by atoms with E-state index in [4.69, 9.17) is 4.74 Å². The number of esters is 1. The van der Waals surface area contributed by atoms with Gasteiger partial charge in [0.25, 0.3) is 5.91 Å². The maximum absolute atomic E-state index is 12.2. The Labute approximate surface area is 161 Å². The van der Waals surface area contributed by atoms with Crippen LogP contribution in [-0.4, -0.2) is 23.6 Å². The van der Waals surface area contributed by atoms with Crippen molar-refractivity contribution in [3.05, 3.63) is 45.3 Å². The van der Waals surface area contributed by atoms with Crippen LogP contribution in [0.1, 0.15) is 45.3 Å². The van der Waals surface area contributed by atoms with Gasteiger partial charge in [0.15, 0.2) is 6.61 Å². The van der Waals surface area contributed by atoms with E-state index in [0.717, 1.165) is 35.3 Å². The van der Waals surface area contributed by atoms with Gasteiger partial charge in [0.2, 0.25) is 0 Å². The Balaban J connectivity index is 1.65. The first-order valence-electron chi connectivity index (χ1n) is 8.70. The number of carbonyl (C=O) groups excluding carboxylic acids is 2. The molecule has 1 aliphatic rings. The second kappa shape index (κ2) is 7.80. The van der Waals surface area contributed by atoms with Gasteiger partial charge in [0, 0.05) is 4.88 Å². The molecule has 0 unspecified atom stereocenters. The van der Waals surface area contributed by atoms with Gasteiger partial charge in [-0.25, -0.2) is 4.79 Å². The fraction of sp³-hybridized carbons (Fsp3) is 0.350. The average molecular weight is 384 g/mol. The van der Waals surface area contributed by atoms with Crippen molar-refractivity contribution >= 4 is 28.2 Å². The van der Waals surface area contributed by atoms with Gasteiger partial charge in [-0.2, -0.15) is 5.26 Å². The van der Waals surface area contributed by atoms with Crippen LogP contribution in [0.2, 0.25) is 0 Å². The molecule has 0 radical (unpaired) electrons. The van der Waals surface area contributed by atoms with Crippen molar-refractivity contribution in [1.29, 1.82) is 5.26 Å². The van der Waals surface area contributed by atoms with Crippen LogP contribution in [0.3, 0.4) is 0 Å². The van der Waals surface area contributed by atoms with Crippen LogP contribution in [0.25, 0.3) is 0 Å². The molecule has 1 aromatic carbocycles. The zero-order valence-corrected chi connectivity index (χ0v) is 16.0. The molecular formula is C20H20N2O4S. The quantitative estimate of drug-likeness (QED) is 0.785. The van der Waals surface area contributed by atoms with Gasteiger partial charge in [0.05, 0.1) is 5.56 Å². The second-order valence-electron chi connectivity index (χ2n) is 6.81. The molecule has 0 bridgehead atoms. The van der Waals surface area contributed by atoms with Crippen LogP contribution < -0.4 is 5.32 Å². The first-order valence-corrected chi connectivity index (χ1v) is 9.52. The first-order chi connectivity index (χ1) is 12.9. The number of phenols is 1. The van der Waals surface area contributed by atoms with Crippen molar-refractivity contribution < 1.29 is 19.4 Å². The van der Waals surface area contributed by atoms with E-state index in [-0.39, 0.29) is 11.3 Å². The number of nitrogens with one attached hydrogen (secondary N) is 1. The molecule has 0 fully saturated rings. The normalized spacial score (nSPS) is 15.5. The molecule has 27 heavy (non-hydrogen) atoms. The number of aryl methyl sites for hydroxylation is 1. The Morgan fingerprint density at radius 1 is 1.44 bits per heavy atom. The lowest BCUT2D eigenvalue weighted by Gasteiger charge is -2.17. The summed E-state index contributed by atoms with van der Waals surface area (Å²) < 4.78 is 4.99. The van der Waals surface area contributed by atoms with Crippen LogP contribution in [0.15, 0.2) is 18.2 Å². The summed E-state index contributed by atoms with van der Waals surface area (Å²) in [6.07, 6.45) is 2.78. The predicted octanol–water partition coefficient (Wildman–Crippen LogP) is 3.55. The summed E-state index contributed by atoms with van der Waals surface area (Å²) in [6, 6.07) is 6.76. The highest BCUT2D eigenvalue weighted by molar-refractivity contribution is 7.16. The molecule has 0 saturated heterocycles. The fourth-order valence-electron chi connectivity index (χ4n) is 3.14. The molecule has 0 saturated carbocycles. The van der Waals surface area contributed by atoms with Gasteiger partial charge in [-0.1, -0.05) is 13.0 Å². The Morgan fingerprint density at radius 3 is 2.93 bits per heavy atom. The molecule has 3 rings (SSSR count). The lowest BCUT2D eigenvalue weighted by molar-refractivity contribution is -0.119. The van der Waals surface area contributed by atoms with Crippen molar-refractivity contribution in [2.24, 2.45) is 5.92 Å². The zero-order valence-electron chi connectivity index (χ0n) is 15.2. The number of carbonyl (C=O) groups is 2. The van der Waals surface area contributed by atoms with Crippen LogP contribution in [0, 0.1) is 24.2 Å². The van der Waals surface area contributed by atoms with E-state index in [0.29, 0.717) is 16.5 Å². The molecule has 1 amide bonds. The van der Waals surface area contributed by atoms with Crippen LogP contribution in [0.5, 0.6) is 5.75 Å². The molecule has 1 aliphatic carbocycles. The Kier molecular flexibility index (Phi) is 5.47. The maximum atomic E-state index is 12.2. The summed E-state index contributed by atoms with van der Waals surface area (Å²) in [5, 5.41) is 22.5. The number of nitrogens with zero attached hydrogens (tertiary/aromatic N) is 1. The summed E-state index contributed by atoms with van der Waals surface area (Å²) in [4.78, 5) is 25.4. The van der Waals surface area contributed by atoms with E-state index in [1.54, 1.807) is 13.0 Å². The summed E-state index contributed by atoms with van der Waals surface area (Å²) >= 11 is 1.42. The number of hydrogen-bond donors (Lipinski definition) is 2. The fourth-order valence-corrected chi connectivity index (χ4v) is 4.52. The Bertz CT molecular complexity index is 942. The lowest BCUT2D eigenvalue weighted by Crippen LogP contribution is -2.21. The molecule has 140 valence electrons. The van der Waals surface area contributed by atoms with E-state index < -0.39 is 18.5 Å². The van der Waals surface area contributed by atoms with Gasteiger partial charge in [0.1, 0.15) is 22.4 Å². The number of anilines is 1. The van der Waals surface area contributed by atoms with Crippen LogP contribution in [-0.2, 0) is 22.4 Å². The molecule has 6 nitrogen and oxygen atoms in total. The number of ether oxygens (including phenoxy) is 1. The minimum absolute atomic E-state index is 0.00619. The third kappa shape index (κ3) is 4.12. The molecule has 2 N–H and O–H groups in total. The number of phenolic OH excluding ortho intramolecular Hbond substituents is 1. The molecule has 0 spiro atoms. The minimum atomic E-state index is -0.776. The SMILES string of the molecule is Cc1ccc(C(=O)OCC(=O)Nc2sc3c(c2C#N)CC[C@@H](C)C3)c(O)c1. The number of aromatic hydroxyl groups is 1. The largest absolute Gasteiger partial charge is 0.507 e. The zero-order chi connectivity index (χ0) is 19.6. The van der Waals surface area contributed by atoms with E-state index in [1.165, 1.54) is 23.5 Å². The Hall–Kier alpha value is -2.85. The molecule has 1 aromatic heterocycles. The molecule has 7 heteroatoms. The maximum Gasteiger partial charge on any atom is 0.342 e. The average Bonchev–Trinajstić information content (AvgIpc) is 2.95. The van der Waals surface area contributed by atoms with Crippen molar-refractivity contribution in [3.8, 4) is 11.8 Å². The number of nitriles is 1. The second-order valence-corrected chi connectivity index (χ2v) is 7.92. The first kappa shape index (κ1) is 18.9. The van der Waals surface area contributed by atoms with Crippen molar-refractivity contribution in [1.82, 2.24) is 0 Å². The highest BCUT2D eigenvalue weighted by Gasteiger charge is 2.25. The van der Waals surface area contributed by atoms with Gasteiger partial charge in [-0.3, -0.25) is 4.79 Å². The van der Waals surface area contributed by atoms with Crippen molar-refractivity contribution in [3.63, 3.8) is 0 Å². The molecule has 0 aliphatic heterocycles. The number of amides is 1. The summed E-state index contributed by atoms with van der Waals surface area (Å²) in [7, 11) is 0. The number of hydrogen-bond acceptors (Lipinski definition) is 6. The number of benzene rings is 1. The lowest BCUT2D eigenvalue weighted by atomic mass is 9.89. The Morgan fingerprint density at radius 2 is 2.22 bits per heavy atom. The number of rotatable bonds is 4. The van der Waals surface area contributed by atoms with E-state index >= 15 is 0 Å². The summed E-state index contributed by atoms with van der Waals surface area (Å²) in [6.45, 7) is 3.47. The van der Waals surface area contributed by atoms with Crippen LogP contribution in [0.4, 0.5) is 5.00 Å². The van der Waals surface area contributed by atoms with Gasteiger partial charge < -0.3 is 15.2 Å². The summed E-state index contributed by atoms with van der Waals surface area (Å²) in [5.74, 6) is -0.915. The third-order valence-electron chi connectivity index (χ3n) is 4.58. The van der Waals surface area contributed by atoms with Crippen molar-refractivity contribution in [2.45, 2.75) is 33.1 Å². The van der Waals surface area contributed by atoms with Gasteiger partial charge in [-0.05, 0) is 55.4 Å².